The molecule has 0 radical (unpaired) electrons. The molecule has 0 bridgehead atoms. The highest BCUT2D eigenvalue weighted by molar-refractivity contribution is 5.35. The van der Waals surface area contributed by atoms with Crippen molar-refractivity contribution in [3.8, 4) is 0 Å². The second kappa shape index (κ2) is 5.03. The summed E-state index contributed by atoms with van der Waals surface area (Å²) >= 11 is 0. The monoisotopic (exact) mass is 231 g/mol. The van der Waals surface area contributed by atoms with Crippen LogP contribution < -0.4 is 11.3 Å². The van der Waals surface area contributed by atoms with E-state index >= 15 is 0 Å². The molecule has 4 heteroatoms. The molecule has 1 heterocycles. The molecule has 0 spiro atoms. The van der Waals surface area contributed by atoms with Crippen molar-refractivity contribution in [3.63, 3.8) is 0 Å². The van der Waals surface area contributed by atoms with Gasteiger partial charge >= 0.3 is 0 Å². The predicted octanol–water partition coefficient (Wildman–Crippen LogP) is 2.08. The molecule has 88 valence electrons. The molecule has 1 aromatic carbocycles. The highest BCUT2D eigenvalue weighted by Crippen LogP contribution is 2.23. The number of benzene rings is 1. The number of pyridine rings is 1. The van der Waals surface area contributed by atoms with E-state index in [2.05, 4.69) is 10.4 Å². The number of nitrogens with zero attached hydrogens (tertiary/aromatic N) is 1. The summed E-state index contributed by atoms with van der Waals surface area (Å²) in [5, 5.41) is 0. The van der Waals surface area contributed by atoms with Crippen LogP contribution in [-0.2, 0) is 0 Å². The van der Waals surface area contributed by atoms with Crippen LogP contribution in [0.1, 0.15) is 22.7 Å². The summed E-state index contributed by atoms with van der Waals surface area (Å²) in [5.41, 5.74) is 5.49. The number of hydrazine groups is 1. The molecule has 0 aliphatic rings. The number of hydrogen-bond acceptors (Lipinski definition) is 3. The molecule has 1 unspecified atom stereocenters. The Bertz CT molecular complexity index is 499. The van der Waals surface area contributed by atoms with Gasteiger partial charge in [0, 0.05) is 12.4 Å². The van der Waals surface area contributed by atoms with Gasteiger partial charge in [-0.15, -0.1) is 0 Å². The van der Waals surface area contributed by atoms with Crippen molar-refractivity contribution in [1.29, 1.82) is 0 Å². The highest BCUT2D eigenvalue weighted by Gasteiger charge is 2.14. The number of aromatic nitrogens is 1. The molecule has 3 N–H and O–H groups in total. The summed E-state index contributed by atoms with van der Waals surface area (Å²) in [5.74, 6) is 5.33. The highest BCUT2D eigenvalue weighted by atomic mass is 19.1. The summed E-state index contributed by atoms with van der Waals surface area (Å²) in [7, 11) is 0. The van der Waals surface area contributed by atoms with Crippen molar-refractivity contribution in [2.24, 2.45) is 5.84 Å². The Morgan fingerprint density at radius 1 is 1.35 bits per heavy atom. The third-order valence-corrected chi connectivity index (χ3v) is 2.73. The van der Waals surface area contributed by atoms with E-state index in [9.17, 15) is 4.39 Å². The quantitative estimate of drug-likeness (QED) is 0.628. The maximum atomic E-state index is 13.1. The van der Waals surface area contributed by atoms with Crippen LogP contribution in [0.2, 0.25) is 0 Å². The van der Waals surface area contributed by atoms with Gasteiger partial charge in [-0.25, -0.2) is 9.82 Å². The van der Waals surface area contributed by atoms with Crippen molar-refractivity contribution in [2.45, 2.75) is 13.0 Å². The lowest BCUT2D eigenvalue weighted by Gasteiger charge is -2.18. The number of nitrogens with one attached hydrogen (secondary N) is 1. The van der Waals surface area contributed by atoms with Gasteiger partial charge in [-0.3, -0.25) is 10.8 Å². The molecule has 2 rings (SSSR count). The lowest BCUT2D eigenvalue weighted by molar-refractivity contribution is 0.611. The molecule has 0 saturated heterocycles. The Hall–Kier alpha value is -1.78. The molecule has 3 nitrogen and oxygen atoms in total. The van der Waals surface area contributed by atoms with Gasteiger partial charge in [0.2, 0.25) is 0 Å². The van der Waals surface area contributed by atoms with E-state index in [1.54, 1.807) is 18.5 Å². The van der Waals surface area contributed by atoms with Crippen molar-refractivity contribution in [2.75, 3.05) is 0 Å². The molecular formula is C13H14FN3. The minimum atomic E-state index is -0.242. The predicted molar refractivity (Wildman–Crippen MR) is 64.5 cm³/mol. The summed E-state index contributed by atoms with van der Waals surface area (Å²) in [6, 6.07) is 8.27. The Morgan fingerprint density at radius 3 is 2.76 bits per heavy atom. The maximum absolute atomic E-state index is 13.1. The second-order valence-corrected chi connectivity index (χ2v) is 3.89. The SMILES string of the molecule is Cc1cc(F)ccc1C(NN)c1cccnc1. The average Bonchev–Trinajstić information content (AvgIpc) is 2.34. The summed E-state index contributed by atoms with van der Waals surface area (Å²) < 4.78 is 13.1. The first-order valence-electron chi connectivity index (χ1n) is 5.34. The van der Waals surface area contributed by atoms with E-state index in [1.165, 1.54) is 12.1 Å². The third kappa shape index (κ3) is 2.49. The lowest BCUT2D eigenvalue weighted by Crippen LogP contribution is -2.29. The van der Waals surface area contributed by atoms with Gasteiger partial charge in [0.15, 0.2) is 0 Å². The van der Waals surface area contributed by atoms with Gasteiger partial charge in [0.05, 0.1) is 6.04 Å². The van der Waals surface area contributed by atoms with Crippen LogP contribution in [0.5, 0.6) is 0 Å². The summed E-state index contributed by atoms with van der Waals surface area (Å²) in [6.07, 6.45) is 3.45. The van der Waals surface area contributed by atoms with Crippen molar-refractivity contribution in [3.05, 3.63) is 65.2 Å². The first-order chi connectivity index (χ1) is 8.22. The van der Waals surface area contributed by atoms with Crippen LogP contribution in [0.4, 0.5) is 4.39 Å². The van der Waals surface area contributed by atoms with Crippen LogP contribution in [0, 0.1) is 12.7 Å². The Morgan fingerprint density at radius 2 is 2.18 bits per heavy atom. The molecule has 2 aromatic rings. The summed E-state index contributed by atoms with van der Waals surface area (Å²) in [6.45, 7) is 1.86. The van der Waals surface area contributed by atoms with E-state index < -0.39 is 0 Å². The van der Waals surface area contributed by atoms with Crippen LogP contribution >= 0.6 is 0 Å². The van der Waals surface area contributed by atoms with Gasteiger partial charge in [-0.2, -0.15) is 0 Å². The number of aryl methyl sites for hydroxylation is 1. The first kappa shape index (κ1) is 11.7. The van der Waals surface area contributed by atoms with E-state index in [-0.39, 0.29) is 11.9 Å². The minimum Gasteiger partial charge on any atom is -0.271 e. The van der Waals surface area contributed by atoms with Gasteiger partial charge in [-0.05, 0) is 41.8 Å². The normalized spacial score (nSPS) is 12.4. The Balaban J connectivity index is 2.42. The Labute approximate surface area is 99.5 Å². The van der Waals surface area contributed by atoms with Crippen molar-refractivity contribution < 1.29 is 4.39 Å². The zero-order valence-electron chi connectivity index (χ0n) is 9.52. The van der Waals surface area contributed by atoms with E-state index in [0.717, 1.165) is 16.7 Å². The third-order valence-electron chi connectivity index (χ3n) is 2.73. The molecule has 17 heavy (non-hydrogen) atoms. The summed E-state index contributed by atoms with van der Waals surface area (Å²) in [4.78, 5) is 4.06. The fourth-order valence-corrected chi connectivity index (χ4v) is 1.88. The number of halogens is 1. The zero-order valence-corrected chi connectivity index (χ0v) is 9.52. The molecular weight excluding hydrogens is 217 g/mol. The molecule has 1 atom stereocenters. The standard InChI is InChI=1S/C13H14FN3/c1-9-7-11(14)4-5-12(9)13(17-15)10-3-2-6-16-8-10/h2-8,13,17H,15H2,1H3. The van der Waals surface area contributed by atoms with Gasteiger partial charge in [0.25, 0.3) is 0 Å². The van der Waals surface area contributed by atoms with Crippen LogP contribution in [-0.4, -0.2) is 4.98 Å². The van der Waals surface area contributed by atoms with E-state index in [0.29, 0.717) is 0 Å². The average molecular weight is 231 g/mol. The van der Waals surface area contributed by atoms with Gasteiger partial charge in [-0.1, -0.05) is 12.1 Å². The molecule has 0 fully saturated rings. The van der Waals surface area contributed by atoms with Crippen LogP contribution in [0.15, 0.2) is 42.7 Å². The molecule has 0 amide bonds. The molecule has 1 aromatic heterocycles. The fourth-order valence-electron chi connectivity index (χ4n) is 1.88. The number of hydrogen-bond donors (Lipinski definition) is 2. The Kier molecular flexibility index (Phi) is 3.46. The van der Waals surface area contributed by atoms with Gasteiger partial charge < -0.3 is 0 Å². The zero-order chi connectivity index (χ0) is 12.3. The molecule has 0 saturated carbocycles. The number of nitrogens with two attached hydrogens (primary N) is 1. The maximum Gasteiger partial charge on any atom is 0.123 e. The largest absolute Gasteiger partial charge is 0.271 e. The topological polar surface area (TPSA) is 50.9 Å². The fraction of sp³-hybridized carbons (Fsp3) is 0.154. The molecule has 0 aliphatic heterocycles. The van der Waals surface area contributed by atoms with Crippen LogP contribution in [0.25, 0.3) is 0 Å². The van der Waals surface area contributed by atoms with Crippen molar-refractivity contribution >= 4 is 0 Å². The first-order valence-corrected chi connectivity index (χ1v) is 5.34. The van der Waals surface area contributed by atoms with E-state index in [4.69, 9.17) is 5.84 Å². The smallest absolute Gasteiger partial charge is 0.123 e. The van der Waals surface area contributed by atoms with Crippen molar-refractivity contribution in [1.82, 2.24) is 10.4 Å². The van der Waals surface area contributed by atoms with Gasteiger partial charge in [0.1, 0.15) is 5.82 Å². The minimum absolute atomic E-state index is 0.177. The molecule has 0 aliphatic carbocycles. The lowest BCUT2D eigenvalue weighted by atomic mass is 9.96. The number of rotatable bonds is 3. The van der Waals surface area contributed by atoms with Crippen LogP contribution in [0.3, 0.4) is 0 Å². The van der Waals surface area contributed by atoms with E-state index in [1.807, 2.05) is 19.1 Å². The second-order valence-electron chi connectivity index (χ2n) is 3.89.